The average Bonchev–Trinajstić information content (AvgIpc) is 2.69. The number of carbonyl (C=O) groups excluding carboxylic acids is 1. The second kappa shape index (κ2) is 10.6. The fourth-order valence-corrected chi connectivity index (χ4v) is 2.54. The van der Waals surface area contributed by atoms with Gasteiger partial charge in [0.15, 0.2) is 6.10 Å². The molecule has 0 saturated heterocycles. The summed E-state index contributed by atoms with van der Waals surface area (Å²) in [6.07, 6.45) is 3.09. The Labute approximate surface area is 174 Å². The van der Waals surface area contributed by atoms with E-state index in [-0.39, 0.29) is 11.3 Å². The van der Waals surface area contributed by atoms with Gasteiger partial charge in [0.1, 0.15) is 11.5 Å². The van der Waals surface area contributed by atoms with Crippen molar-refractivity contribution in [3.63, 3.8) is 0 Å². The molecule has 0 aliphatic heterocycles. The number of carbonyl (C=O) groups is 1. The van der Waals surface area contributed by atoms with Crippen LogP contribution in [0, 0.1) is 0 Å². The van der Waals surface area contributed by atoms with Gasteiger partial charge in [-0.05, 0) is 66.3 Å². The summed E-state index contributed by atoms with van der Waals surface area (Å²) in [5, 5.41) is 4.01. The van der Waals surface area contributed by atoms with Crippen LogP contribution >= 0.6 is 0 Å². The molecule has 1 atom stereocenters. The Kier molecular flexibility index (Phi) is 8.25. The van der Waals surface area contributed by atoms with Crippen LogP contribution in [0.15, 0.2) is 53.6 Å². The first-order chi connectivity index (χ1) is 13.8. The molecule has 0 aliphatic rings. The van der Waals surface area contributed by atoms with Crippen molar-refractivity contribution >= 4 is 12.1 Å². The van der Waals surface area contributed by atoms with Gasteiger partial charge in [-0.1, -0.05) is 46.2 Å². The number of ether oxygens (including phenoxy) is 2. The van der Waals surface area contributed by atoms with Crippen molar-refractivity contribution in [2.24, 2.45) is 5.10 Å². The molecule has 5 heteroatoms. The van der Waals surface area contributed by atoms with Crippen LogP contribution in [-0.4, -0.2) is 24.8 Å². The molecule has 156 valence electrons. The van der Waals surface area contributed by atoms with E-state index in [4.69, 9.17) is 9.47 Å². The molecule has 1 unspecified atom stereocenters. The number of hydrogen-bond acceptors (Lipinski definition) is 4. The molecule has 1 N–H and O–H groups in total. The molecular formula is C24H32N2O3. The minimum absolute atomic E-state index is 0.0794. The topological polar surface area (TPSA) is 59.9 Å². The molecule has 5 nitrogen and oxygen atoms in total. The van der Waals surface area contributed by atoms with Gasteiger partial charge < -0.3 is 9.47 Å². The summed E-state index contributed by atoms with van der Waals surface area (Å²) in [5.74, 6) is 1.18. The first kappa shape index (κ1) is 22.5. The van der Waals surface area contributed by atoms with Gasteiger partial charge in [0.05, 0.1) is 12.8 Å². The monoisotopic (exact) mass is 396 g/mol. The molecular weight excluding hydrogens is 364 g/mol. The van der Waals surface area contributed by atoms with E-state index < -0.39 is 6.10 Å². The summed E-state index contributed by atoms with van der Waals surface area (Å²) in [6.45, 7) is 11.0. The zero-order chi connectivity index (χ0) is 21.3. The molecule has 2 aromatic rings. The highest BCUT2D eigenvalue weighted by Crippen LogP contribution is 2.24. The molecule has 0 heterocycles. The predicted octanol–water partition coefficient (Wildman–Crippen LogP) is 5.08. The number of unbranched alkanes of at least 4 members (excludes halogenated alkanes) is 1. The van der Waals surface area contributed by atoms with Gasteiger partial charge in [0.2, 0.25) is 0 Å². The zero-order valence-corrected chi connectivity index (χ0v) is 18.1. The highest BCUT2D eigenvalue weighted by Gasteiger charge is 2.16. The summed E-state index contributed by atoms with van der Waals surface area (Å²) in [5.41, 5.74) is 4.69. The minimum atomic E-state index is -0.651. The molecule has 0 fully saturated rings. The normalized spacial score (nSPS) is 12.6. The smallest absolute Gasteiger partial charge is 0.280 e. The lowest BCUT2D eigenvalue weighted by Gasteiger charge is -2.19. The SMILES string of the molecule is CCCCOc1ccc(/C=N/NC(=O)C(C)Oc2ccc(C(C)(C)C)cc2)cc1. The van der Waals surface area contributed by atoms with Crippen molar-refractivity contribution in [2.75, 3.05) is 6.61 Å². The third-order valence-corrected chi connectivity index (χ3v) is 4.44. The van der Waals surface area contributed by atoms with Crippen LogP contribution in [0.4, 0.5) is 0 Å². The third kappa shape index (κ3) is 7.60. The van der Waals surface area contributed by atoms with E-state index in [1.807, 2.05) is 48.5 Å². The van der Waals surface area contributed by atoms with Gasteiger partial charge in [0, 0.05) is 0 Å². The lowest BCUT2D eigenvalue weighted by Crippen LogP contribution is -2.33. The van der Waals surface area contributed by atoms with Gasteiger partial charge in [0.25, 0.3) is 5.91 Å². The van der Waals surface area contributed by atoms with Crippen LogP contribution in [0.25, 0.3) is 0 Å². The first-order valence-corrected chi connectivity index (χ1v) is 10.1. The van der Waals surface area contributed by atoms with E-state index in [0.717, 1.165) is 30.8 Å². The lowest BCUT2D eigenvalue weighted by molar-refractivity contribution is -0.127. The largest absolute Gasteiger partial charge is 0.494 e. The van der Waals surface area contributed by atoms with Crippen LogP contribution in [0.5, 0.6) is 11.5 Å². The third-order valence-electron chi connectivity index (χ3n) is 4.44. The fourth-order valence-electron chi connectivity index (χ4n) is 2.54. The van der Waals surface area contributed by atoms with Crippen molar-refractivity contribution in [3.8, 4) is 11.5 Å². The summed E-state index contributed by atoms with van der Waals surface area (Å²) in [7, 11) is 0. The van der Waals surface area contributed by atoms with E-state index in [1.54, 1.807) is 13.1 Å². The summed E-state index contributed by atoms with van der Waals surface area (Å²) >= 11 is 0. The summed E-state index contributed by atoms with van der Waals surface area (Å²) in [4.78, 5) is 12.2. The number of nitrogens with one attached hydrogen (secondary N) is 1. The maximum atomic E-state index is 12.2. The van der Waals surface area contributed by atoms with Crippen molar-refractivity contribution in [1.82, 2.24) is 5.43 Å². The van der Waals surface area contributed by atoms with Gasteiger partial charge in [-0.3, -0.25) is 4.79 Å². The average molecular weight is 397 g/mol. The summed E-state index contributed by atoms with van der Waals surface area (Å²) < 4.78 is 11.3. The maximum Gasteiger partial charge on any atom is 0.280 e. The second-order valence-corrected chi connectivity index (χ2v) is 8.04. The molecule has 0 radical (unpaired) electrons. The quantitative estimate of drug-likeness (QED) is 0.365. The van der Waals surface area contributed by atoms with Crippen LogP contribution in [0.3, 0.4) is 0 Å². The van der Waals surface area contributed by atoms with Crippen LogP contribution < -0.4 is 14.9 Å². The second-order valence-electron chi connectivity index (χ2n) is 8.04. The number of nitrogens with zero attached hydrogens (tertiary/aromatic N) is 1. The van der Waals surface area contributed by atoms with E-state index in [0.29, 0.717) is 5.75 Å². The molecule has 0 spiro atoms. The van der Waals surface area contributed by atoms with Crippen molar-refractivity contribution in [2.45, 2.75) is 59.0 Å². The number of hydrazone groups is 1. The standard InChI is InChI=1S/C24H32N2O3/c1-6-7-16-28-21-12-8-19(9-13-21)17-25-26-23(27)18(2)29-22-14-10-20(11-15-22)24(3,4)5/h8-15,17-18H,6-7,16H2,1-5H3,(H,26,27)/b25-17+. The fraction of sp³-hybridized carbons (Fsp3) is 0.417. The maximum absolute atomic E-state index is 12.2. The molecule has 0 aliphatic carbocycles. The Balaban J connectivity index is 1.81. The molecule has 2 rings (SSSR count). The number of hydrogen-bond donors (Lipinski definition) is 1. The van der Waals surface area contributed by atoms with Crippen molar-refractivity contribution < 1.29 is 14.3 Å². The van der Waals surface area contributed by atoms with Crippen LogP contribution in [0.1, 0.15) is 58.6 Å². The molecule has 29 heavy (non-hydrogen) atoms. The van der Waals surface area contributed by atoms with E-state index in [1.165, 1.54) is 5.56 Å². The Morgan fingerprint density at radius 2 is 1.69 bits per heavy atom. The van der Waals surface area contributed by atoms with E-state index in [9.17, 15) is 4.79 Å². The Morgan fingerprint density at radius 3 is 2.28 bits per heavy atom. The number of rotatable bonds is 9. The predicted molar refractivity (Wildman–Crippen MR) is 118 cm³/mol. The Bertz CT molecular complexity index is 790. The number of amides is 1. The highest BCUT2D eigenvalue weighted by atomic mass is 16.5. The summed E-state index contributed by atoms with van der Waals surface area (Å²) in [6, 6.07) is 15.4. The molecule has 0 saturated carbocycles. The lowest BCUT2D eigenvalue weighted by atomic mass is 9.87. The molecule has 2 aromatic carbocycles. The minimum Gasteiger partial charge on any atom is -0.494 e. The van der Waals surface area contributed by atoms with Crippen molar-refractivity contribution in [1.29, 1.82) is 0 Å². The number of benzene rings is 2. The first-order valence-electron chi connectivity index (χ1n) is 10.1. The van der Waals surface area contributed by atoms with Gasteiger partial charge in [-0.25, -0.2) is 5.43 Å². The van der Waals surface area contributed by atoms with E-state index in [2.05, 4.69) is 38.2 Å². The Hall–Kier alpha value is -2.82. The van der Waals surface area contributed by atoms with Gasteiger partial charge in [-0.15, -0.1) is 0 Å². The van der Waals surface area contributed by atoms with E-state index >= 15 is 0 Å². The Morgan fingerprint density at radius 1 is 1.07 bits per heavy atom. The van der Waals surface area contributed by atoms with Crippen LogP contribution in [0.2, 0.25) is 0 Å². The van der Waals surface area contributed by atoms with Gasteiger partial charge in [-0.2, -0.15) is 5.10 Å². The van der Waals surface area contributed by atoms with Gasteiger partial charge >= 0.3 is 0 Å². The van der Waals surface area contributed by atoms with Crippen LogP contribution in [-0.2, 0) is 10.2 Å². The zero-order valence-electron chi connectivity index (χ0n) is 18.1. The molecule has 0 bridgehead atoms. The van der Waals surface area contributed by atoms with Crippen molar-refractivity contribution in [3.05, 3.63) is 59.7 Å². The molecule has 1 amide bonds. The highest BCUT2D eigenvalue weighted by molar-refractivity contribution is 5.84. The molecule has 0 aromatic heterocycles.